The molecule has 0 rings (SSSR count). The first-order valence-corrected chi connectivity index (χ1v) is 27.8. The van der Waals surface area contributed by atoms with Gasteiger partial charge in [0.05, 0.1) is 39.9 Å². The SMILES string of the molecule is CC/C=C\C/C=C\C/C=C\C/C=C\C/C=C\C/C=C\CCCCCCCCCCCCCCCCCCCCCCC(=O)NC(COP(=O)(O)OCC[N+](C)(C)C)C(O)CCCCC. The van der Waals surface area contributed by atoms with E-state index in [2.05, 4.69) is 92.1 Å². The van der Waals surface area contributed by atoms with Gasteiger partial charge in [0.15, 0.2) is 0 Å². The Bertz CT molecular complexity index is 1270. The Morgan fingerprint density at radius 3 is 1.34 bits per heavy atom. The number of phosphoric ester groups is 1. The molecule has 9 heteroatoms. The Labute approximate surface area is 395 Å². The lowest BCUT2D eigenvalue weighted by atomic mass is 10.0. The molecule has 3 unspecified atom stereocenters. The summed E-state index contributed by atoms with van der Waals surface area (Å²) in [6, 6.07) is -0.756. The number of nitrogens with zero attached hydrogens (tertiary/aromatic N) is 1. The van der Waals surface area contributed by atoms with Crippen LogP contribution in [0.4, 0.5) is 0 Å². The van der Waals surface area contributed by atoms with Crippen molar-refractivity contribution in [2.45, 2.75) is 231 Å². The number of aliphatic hydroxyl groups is 1. The fourth-order valence-electron chi connectivity index (χ4n) is 7.34. The number of aliphatic hydroxyl groups excluding tert-OH is 1. The van der Waals surface area contributed by atoms with Crippen molar-refractivity contribution in [2.24, 2.45) is 0 Å². The second kappa shape index (κ2) is 46.1. The average Bonchev–Trinajstić information content (AvgIpc) is 3.25. The number of phosphoric acid groups is 1. The largest absolute Gasteiger partial charge is 0.472 e. The molecule has 0 aliphatic rings. The van der Waals surface area contributed by atoms with E-state index >= 15 is 0 Å². The fourth-order valence-corrected chi connectivity index (χ4v) is 8.08. The highest BCUT2D eigenvalue weighted by Gasteiger charge is 2.28. The molecule has 0 aromatic carbocycles. The normalized spacial score (nSPS) is 14.7. The molecule has 0 aliphatic carbocycles. The van der Waals surface area contributed by atoms with E-state index in [0.29, 0.717) is 23.9 Å². The van der Waals surface area contributed by atoms with Gasteiger partial charge in [-0.15, -0.1) is 0 Å². The molecule has 8 nitrogen and oxygen atoms in total. The minimum absolute atomic E-state index is 0.0724. The van der Waals surface area contributed by atoms with Crippen LogP contribution in [0.2, 0.25) is 0 Å². The predicted octanol–water partition coefficient (Wildman–Crippen LogP) is 15.5. The van der Waals surface area contributed by atoms with Crippen LogP contribution in [-0.2, 0) is 18.4 Å². The molecule has 0 radical (unpaired) electrons. The summed E-state index contributed by atoms with van der Waals surface area (Å²) in [4.78, 5) is 22.9. The highest BCUT2D eigenvalue weighted by atomic mass is 31.2. The summed E-state index contributed by atoms with van der Waals surface area (Å²) in [5.41, 5.74) is 0. The van der Waals surface area contributed by atoms with Crippen LogP contribution in [0.25, 0.3) is 0 Å². The molecule has 0 spiro atoms. The number of quaternary nitrogens is 1. The maximum Gasteiger partial charge on any atom is 0.472 e. The molecule has 0 saturated carbocycles. The highest BCUT2D eigenvalue weighted by molar-refractivity contribution is 7.47. The average molecular weight is 918 g/mol. The van der Waals surface area contributed by atoms with Gasteiger partial charge in [0.1, 0.15) is 13.2 Å². The number of amides is 1. The number of hydrogen-bond donors (Lipinski definition) is 3. The first-order valence-electron chi connectivity index (χ1n) is 26.3. The summed E-state index contributed by atoms with van der Waals surface area (Å²) in [5.74, 6) is -0.156. The summed E-state index contributed by atoms with van der Waals surface area (Å²) in [6.45, 7) is 4.60. The molecule has 64 heavy (non-hydrogen) atoms. The number of rotatable bonds is 47. The van der Waals surface area contributed by atoms with E-state index < -0.39 is 20.0 Å². The summed E-state index contributed by atoms with van der Waals surface area (Å²) in [6.07, 6.45) is 63.5. The van der Waals surface area contributed by atoms with Crippen LogP contribution in [0.1, 0.15) is 219 Å². The van der Waals surface area contributed by atoms with Crippen LogP contribution in [0.3, 0.4) is 0 Å². The molecule has 0 bridgehead atoms. The van der Waals surface area contributed by atoms with Crippen molar-refractivity contribution >= 4 is 13.7 Å². The number of carbonyl (C=O) groups excluding carboxylic acids is 1. The van der Waals surface area contributed by atoms with Crippen LogP contribution < -0.4 is 5.32 Å². The van der Waals surface area contributed by atoms with E-state index in [1.165, 1.54) is 116 Å². The Hall–Kier alpha value is -2.06. The highest BCUT2D eigenvalue weighted by Crippen LogP contribution is 2.43. The second-order valence-corrected chi connectivity index (χ2v) is 20.3. The molecule has 3 N–H and O–H groups in total. The first-order chi connectivity index (χ1) is 31.0. The molecule has 3 atom stereocenters. The molecule has 0 aliphatic heterocycles. The number of nitrogens with one attached hydrogen (secondary N) is 1. The standard InChI is InChI=1S/C55H101N2O6P/c1-6-8-10-11-12-13-14-15-16-17-18-19-20-21-22-23-24-25-26-27-28-29-30-31-32-33-34-35-36-37-38-39-40-41-42-43-44-45-47-49-55(59)56-53(54(58)48-46-9-7-2)52-63-64(60,61)62-51-50-57(3,4)5/h8,10,12-13,15-16,18-19,21-22,24-25,53-54,58H,6-7,9,11,14,17,20,23,26-52H2,1-5H3,(H-,56,59,60,61)/p+1/b10-8-,13-12-,16-15-,19-18-,22-21-,25-24-. The van der Waals surface area contributed by atoms with Gasteiger partial charge in [-0.1, -0.05) is 222 Å². The summed E-state index contributed by atoms with van der Waals surface area (Å²) in [5, 5.41) is 13.6. The Morgan fingerprint density at radius 2 is 0.938 bits per heavy atom. The number of likely N-dealkylation sites (N-methyl/N-ethyl adjacent to an activating group) is 1. The maximum absolute atomic E-state index is 12.7. The Kier molecular flexibility index (Phi) is 44.6. The van der Waals surface area contributed by atoms with Gasteiger partial charge in [-0.2, -0.15) is 0 Å². The molecule has 0 heterocycles. The fraction of sp³-hybridized carbons (Fsp3) is 0.764. The quantitative estimate of drug-likeness (QED) is 0.0243. The van der Waals surface area contributed by atoms with Crippen LogP contribution in [-0.4, -0.2) is 73.4 Å². The summed E-state index contributed by atoms with van der Waals surface area (Å²) in [7, 11) is 1.61. The van der Waals surface area contributed by atoms with E-state index in [1.54, 1.807) is 0 Å². The summed E-state index contributed by atoms with van der Waals surface area (Å²) < 4.78 is 23.3. The van der Waals surface area contributed by atoms with Crippen molar-refractivity contribution in [1.82, 2.24) is 5.32 Å². The minimum Gasteiger partial charge on any atom is -0.391 e. The zero-order chi connectivity index (χ0) is 47.1. The van der Waals surface area contributed by atoms with Crippen LogP contribution in [0, 0.1) is 0 Å². The zero-order valence-electron chi connectivity index (χ0n) is 42.3. The van der Waals surface area contributed by atoms with Gasteiger partial charge in [-0.05, 0) is 64.2 Å². The lowest BCUT2D eigenvalue weighted by molar-refractivity contribution is -0.870. The van der Waals surface area contributed by atoms with Crippen LogP contribution in [0.5, 0.6) is 0 Å². The van der Waals surface area contributed by atoms with E-state index in [0.717, 1.165) is 77.0 Å². The molecule has 372 valence electrons. The molecule has 1 amide bonds. The number of carbonyl (C=O) groups is 1. The van der Waals surface area contributed by atoms with Gasteiger partial charge < -0.3 is 19.8 Å². The van der Waals surface area contributed by atoms with E-state index in [1.807, 2.05) is 21.1 Å². The van der Waals surface area contributed by atoms with Crippen molar-refractivity contribution in [3.8, 4) is 0 Å². The van der Waals surface area contributed by atoms with Crippen LogP contribution >= 0.6 is 7.82 Å². The summed E-state index contributed by atoms with van der Waals surface area (Å²) >= 11 is 0. The smallest absolute Gasteiger partial charge is 0.391 e. The molecule has 0 fully saturated rings. The molecule has 0 saturated heterocycles. The van der Waals surface area contributed by atoms with Gasteiger partial charge in [0.2, 0.25) is 5.91 Å². The number of allylic oxidation sites excluding steroid dienone is 12. The lowest BCUT2D eigenvalue weighted by Gasteiger charge is -2.26. The number of hydrogen-bond acceptors (Lipinski definition) is 5. The molecule has 0 aromatic rings. The monoisotopic (exact) mass is 918 g/mol. The topological polar surface area (TPSA) is 105 Å². The molecular formula is C55H102N2O6P+. The minimum atomic E-state index is -4.29. The van der Waals surface area contributed by atoms with E-state index in [9.17, 15) is 19.4 Å². The Morgan fingerprint density at radius 1 is 0.547 bits per heavy atom. The third-order valence-corrected chi connectivity index (χ3v) is 12.5. The van der Waals surface area contributed by atoms with Crippen molar-refractivity contribution in [3.63, 3.8) is 0 Å². The van der Waals surface area contributed by atoms with Gasteiger partial charge in [-0.25, -0.2) is 4.57 Å². The number of unbranched alkanes of at least 4 members (excludes halogenated alkanes) is 22. The van der Waals surface area contributed by atoms with Gasteiger partial charge >= 0.3 is 7.82 Å². The third-order valence-electron chi connectivity index (χ3n) is 11.5. The Balaban J connectivity index is 3.67. The molecule has 0 aromatic heterocycles. The van der Waals surface area contributed by atoms with Gasteiger partial charge in [0.25, 0.3) is 0 Å². The molecular weight excluding hydrogens is 816 g/mol. The maximum atomic E-state index is 12.7. The van der Waals surface area contributed by atoms with Gasteiger partial charge in [0, 0.05) is 6.42 Å². The second-order valence-electron chi connectivity index (χ2n) is 18.9. The lowest BCUT2D eigenvalue weighted by Crippen LogP contribution is -2.46. The van der Waals surface area contributed by atoms with Crippen molar-refractivity contribution < 1.29 is 32.9 Å². The predicted molar refractivity (Wildman–Crippen MR) is 276 cm³/mol. The van der Waals surface area contributed by atoms with Crippen LogP contribution in [0.15, 0.2) is 72.9 Å². The van der Waals surface area contributed by atoms with Crippen molar-refractivity contribution in [3.05, 3.63) is 72.9 Å². The van der Waals surface area contributed by atoms with Gasteiger partial charge in [-0.3, -0.25) is 13.8 Å². The first kappa shape index (κ1) is 61.9. The van der Waals surface area contributed by atoms with E-state index in [4.69, 9.17) is 9.05 Å². The van der Waals surface area contributed by atoms with Crippen molar-refractivity contribution in [2.75, 3.05) is 40.9 Å². The van der Waals surface area contributed by atoms with E-state index in [-0.39, 0.29) is 19.1 Å². The van der Waals surface area contributed by atoms with Crippen molar-refractivity contribution in [1.29, 1.82) is 0 Å². The third kappa shape index (κ3) is 47.9. The zero-order valence-corrected chi connectivity index (χ0v) is 43.1.